The molecule has 140 valence electrons. The third-order valence-corrected chi connectivity index (χ3v) is 4.41. The molecule has 3 rings (SSSR count). The number of rotatable bonds is 8. The Morgan fingerprint density at radius 1 is 1.38 bits per heavy atom. The fourth-order valence-electron chi connectivity index (χ4n) is 3.07. The number of aromatic nitrogens is 2. The molecule has 1 aliphatic heterocycles. The Balaban J connectivity index is 1.54. The number of imidazole rings is 1. The van der Waals surface area contributed by atoms with Gasteiger partial charge in [-0.15, -0.1) is 0 Å². The van der Waals surface area contributed by atoms with E-state index in [2.05, 4.69) is 27.5 Å². The van der Waals surface area contributed by atoms with E-state index in [4.69, 9.17) is 9.47 Å². The van der Waals surface area contributed by atoms with E-state index in [0.29, 0.717) is 13.2 Å². The Morgan fingerprint density at radius 2 is 2.27 bits per heavy atom. The van der Waals surface area contributed by atoms with Gasteiger partial charge in [0.05, 0.1) is 25.7 Å². The molecular formula is C19H26N4O3. The highest BCUT2D eigenvalue weighted by Gasteiger charge is 2.27. The lowest BCUT2D eigenvalue weighted by atomic mass is 10.0. The number of hydrogen-bond acceptors (Lipinski definition) is 5. The summed E-state index contributed by atoms with van der Waals surface area (Å²) in [5, 5.41) is 6.21. The van der Waals surface area contributed by atoms with Crippen LogP contribution in [0.4, 0.5) is 0 Å². The van der Waals surface area contributed by atoms with E-state index in [1.807, 2.05) is 18.2 Å². The second-order valence-corrected chi connectivity index (χ2v) is 6.28. The largest absolute Gasteiger partial charge is 0.493 e. The molecule has 1 aromatic heterocycles. The Bertz CT molecular complexity index is 744. The van der Waals surface area contributed by atoms with Crippen molar-refractivity contribution in [3.05, 3.63) is 41.5 Å². The lowest BCUT2D eigenvalue weighted by Crippen LogP contribution is -2.42. The van der Waals surface area contributed by atoms with Crippen molar-refractivity contribution in [1.82, 2.24) is 20.6 Å². The SMILES string of the molecule is CCCOc1ccc(CCNC(=O)C2NCCc3[nH]cnc32)cc1OC. The van der Waals surface area contributed by atoms with Gasteiger partial charge in [-0.3, -0.25) is 4.79 Å². The average molecular weight is 358 g/mol. The van der Waals surface area contributed by atoms with Gasteiger partial charge < -0.3 is 25.1 Å². The van der Waals surface area contributed by atoms with Crippen molar-refractivity contribution in [2.24, 2.45) is 0 Å². The molecule has 1 unspecified atom stereocenters. The fraction of sp³-hybridized carbons (Fsp3) is 0.474. The number of carbonyl (C=O) groups excluding carboxylic acids is 1. The second kappa shape index (κ2) is 8.71. The summed E-state index contributed by atoms with van der Waals surface area (Å²) in [4.78, 5) is 19.8. The van der Waals surface area contributed by atoms with Crippen LogP contribution in [0.15, 0.2) is 24.5 Å². The lowest BCUT2D eigenvalue weighted by molar-refractivity contribution is -0.123. The number of methoxy groups -OCH3 is 1. The van der Waals surface area contributed by atoms with Crippen molar-refractivity contribution in [2.45, 2.75) is 32.2 Å². The van der Waals surface area contributed by atoms with Crippen LogP contribution >= 0.6 is 0 Å². The van der Waals surface area contributed by atoms with E-state index in [-0.39, 0.29) is 11.9 Å². The van der Waals surface area contributed by atoms with E-state index >= 15 is 0 Å². The number of nitrogens with one attached hydrogen (secondary N) is 3. The van der Waals surface area contributed by atoms with Gasteiger partial charge in [-0.2, -0.15) is 0 Å². The van der Waals surface area contributed by atoms with Gasteiger partial charge in [0.25, 0.3) is 0 Å². The van der Waals surface area contributed by atoms with Gasteiger partial charge in [0.2, 0.25) is 5.91 Å². The Morgan fingerprint density at radius 3 is 3.08 bits per heavy atom. The number of carbonyl (C=O) groups is 1. The molecule has 0 saturated heterocycles. The van der Waals surface area contributed by atoms with Crippen LogP contribution < -0.4 is 20.1 Å². The van der Waals surface area contributed by atoms with Crippen LogP contribution in [-0.2, 0) is 17.6 Å². The maximum atomic E-state index is 12.5. The van der Waals surface area contributed by atoms with Crippen LogP contribution in [0, 0.1) is 0 Å². The maximum Gasteiger partial charge on any atom is 0.243 e. The van der Waals surface area contributed by atoms with Crippen molar-refractivity contribution in [3.63, 3.8) is 0 Å². The molecule has 1 aromatic carbocycles. The molecule has 0 fully saturated rings. The Kier molecular flexibility index (Phi) is 6.12. The topological polar surface area (TPSA) is 88.3 Å². The number of aromatic amines is 1. The molecule has 0 bridgehead atoms. The summed E-state index contributed by atoms with van der Waals surface area (Å²) < 4.78 is 11.1. The van der Waals surface area contributed by atoms with Gasteiger partial charge >= 0.3 is 0 Å². The third kappa shape index (κ3) is 4.16. The summed E-state index contributed by atoms with van der Waals surface area (Å²) in [6, 6.07) is 5.50. The van der Waals surface area contributed by atoms with Crippen LogP contribution in [0.5, 0.6) is 11.5 Å². The third-order valence-electron chi connectivity index (χ3n) is 4.41. The minimum Gasteiger partial charge on any atom is -0.493 e. The second-order valence-electron chi connectivity index (χ2n) is 6.28. The first kappa shape index (κ1) is 18.3. The minimum atomic E-state index is -0.385. The molecule has 1 aliphatic rings. The van der Waals surface area contributed by atoms with E-state index < -0.39 is 0 Å². The molecule has 3 N–H and O–H groups in total. The van der Waals surface area contributed by atoms with Gasteiger partial charge in [-0.1, -0.05) is 13.0 Å². The lowest BCUT2D eigenvalue weighted by Gasteiger charge is -2.22. The summed E-state index contributed by atoms with van der Waals surface area (Å²) >= 11 is 0. The molecule has 1 amide bonds. The molecule has 0 saturated carbocycles. The quantitative estimate of drug-likeness (QED) is 0.669. The Hall–Kier alpha value is -2.54. The molecular weight excluding hydrogens is 332 g/mol. The summed E-state index contributed by atoms with van der Waals surface area (Å²) in [5.74, 6) is 1.42. The molecule has 0 radical (unpaired) electrons. The van der Waals surface area contributed by atoms with Gasteiger partial charge in [0.1, 0.15) is 6.04 Å². The zero-order valence-electron chi connectivity index (χ0n) is 15.3. The molecule has 1 atom stereocenters. The summed E-state index contributed by atoms with van der Waals surface area (Å²) in [6.07, 6.45) is 4.18. The summed E-state index contributed by atoms with van der Waals surface area (Å²) in [5.41, 5.74) is 2.92. The summed E-state index contributed by atoms with van der Waals surface area (Å²) in [6.45, 7) is 4.05. The molecule has 7 heteroatoms. The number of nitrogens with zero attached hydrogens (tertiary/aromatic N) is 1. The van der Waals surface area contributed by atoms with Crippen LogP contribution in [0.2, 0.25) is 0 Å². The normalized spacial score (nSPS) is 16.0. The molecule has 2 aromatic rings. The van der Waals surface area contributed by atoms with Crippen molar-refractivity contribution < 1.29 is 14.3 Å². The fourth-order valence-corrected chi connectivity index (χ4v) is 3.07. The summed E-state index contributed by atoms with van der Waals surface area (Å²) in [7, 11) is 1.63. The van der Waals surface area contributed by atoms with E-state index in [1.165, 1.54) is 0 Å². The molecule has 2 heterocycles. The first-order valence-corrected chi connectivity index (χ1v) is 9.06. The monoisotopic (exact) mass is 358 g/mol. The number of ether oxygens (including phenoxy) is 2. The van der Waals surface area contributed by atoms with Crippen molar-refractivity contribution in [3.8, 4) is 11.5 Å². The highest BCUT2D eigenvalue weighted by molar-refractivity contribution is 5.83. The molecule has 26 heavy (non-hydrogen) atoms. The number of benzene rings is 1. The molecule has 0 spiro atoms. The minimum absolute atomic E-state index is 0.0482. The molecule has 7 nitrogen and oxygen atoms in total. The van der Waals surface area contributed by atoms with Gasteiger partial charge in [0.15, 0.2) is 11.5 Å². The highest BCUT2D eigenvalue weighted by atomic mass is 16.5. The average Bonchev–Trinajstić information content (AvgIpc) is 3.15. The van der Waals surface area contributed by atoms with E-state index in [0.717, 1.165) is 54.3 Å². The highest BCUT2D eigenvalue weighted by Crippen LogP contribution is 2.28. The number of hydrogen-bond donors (Lipinski definition) is 3. The van der Waals surface area contributed by atoms with Crippen LogP contribution in [0.1, 0.15) is 36.3 Å². The van der Waals surface area contributed by atoms with Crippen LogP contribution in [0.25, 0.3) is 0 Å². The maximum absolute atomic E-state index is 12.5. The predicted octanol–water partition coefficient (Wildman–Crippen LogP) is 1.75. The zero-order chi connectivity index (χ0) is 18.4. The Labute approximate surface area is 153 Å². The first-order chi connectivity index (χ1) is 12.7. The predicted molar refractivity (Wildman–Crippen MR) is 98.5 cm³/mol. The number of fused-ring (bicyclic) bond motifs is 1. The zero-order valence-corrected chi connectivity index (χ0v) is 15.3. The van der Waals surface area contributed by atoms with Crippen LogP contribution in [-0.4, -0.2) is 42.7 Å². The first-order valence-electron chi connectivity index (χ1n) is 9.06. The van der Waals surface area contributed by atoms with E-state index in [9.17, 15) is 4.79 Å². The number of amides is 1. The van der Waals surface area contributed by atoms with Crippen LogP contribution in [0.3, 0.4) is 0 Å². The van der Waals surface area contributed by atoms with Crippen molar-refractivity contribution in [2.75, 3.05) is 26.8 Å². The van der Waals surface area contributed by atoms with Crippen molar-refractivity contribution >= 4 is 5.91 Å². The number of H-pyrrole nitrogens is 1. The van der Waals surface area contributed by atoms with Gasteiger partial charge in [-0.25, -0.2) is 4.98 Å². The molecule has 0 aliphatic carbocycles. The van der Waals surface area contributed by atoms with Gasteiger partial charge in [0, 0.05) is 25.2 Å². The standard InChI is InChI=1S/C19H26N4O3/c1-3-10-26-15-5-4-13(11-16(15)25-2)6-8-21-19(24)18-17-14(7-9-20-18)22-12-23-17/h4-5,11-12,18,20H,3,6-10H2,1-2H3,(H,21,24)(H,22,23). The van der Waals surface area contributed by atoms with E-state index in [1.54, 1.807) is 13.4 Å². The van der Waals surface area contributed by atoms with Crippen molar-refractivity contribution in [1.29, 1.82) is 0 Å². The van der Waals surface area contributed by atoms with Gasteiger partial charge in [-0.05, 0) is 30.5 Å². The smallest absolute Gasteiger partial charge is 0.243 e.